The molecule has 2 aromatic carbocycles. The van der Waals surface area contributed by atoms with Gasteiger partial charge < -0.3 is 24.8 Å². The fourth-order valence-corrected chi connectivity index (χ4v) is 4.42. The van der Waals surface area contributed by atoms with E-state index in [0.29, 0.717) is 4.90 Å². The molecule has 4 rings (SSSR count). The van der Waals surface area contributed by atoms with Crippen LogP contribution in [0.4, 0.5) is 13.6 Å². The Labute approximate surface area is 194 Å². The van der Waals surface area contributed by atoms with Crippen molar-refractivity contribution in [3.05, 3.63) is 59.7 Å². The van der Waals surface area contributed by atoms with E-state index in [1.54, 1.807) is 0 Å². The van der Waals surface area contributed by atoms with Crippen LogP contribution >= 0.6 is 0 Å². The van der Waals surface area contributed by atoms with E-state index in [1.165, 1.54) is 0 Å². The van der Waals surface area contributed by atoms with Crippen molar-refractivity contribution in [3.8, 4) is 11.1 Å². The number of carboxylic acids is 1. The van der Waals surface area contributed by atoms with Crippen LogP contribution in [-0.2, 0) is 19.1 Å². The van der Waals surface area contributed by atoms with Gasteiger partial charge in [-0.2, -0.15) is 0 Å². The quantitative estimate of drug-likeness (QED) is 0.570. The van der Waals surface area contributed by atoms with Crippen LogP contribution in [0.1, 0.15) is 23.5 Å². The monoisotopic (exact) mass is 474 g/mol. The number of carboxylic acid groups (broad SMARTS) is 1. The summed E-state index contributed by atoms with van der Waals surface area (Å²) in [6, 6.07) is 14.3. The molecular formula is C24H24F2N2O6. The summed E-state index contributed by atoms with van der Waals surface area (Å²) in [7, 11) is 0. The van der Waals surface area contributed by atoms with Crippen molar-refractivity contribution in [3.63, 3.8) is 0 Å². The molecule has 0 radical (unpaired) electrons. The van der Waals surface area contributed by atoms with Gasteiger partial charge in [0.05, 0.1) is 13.2 Å². The molecule has 1 atom stereocenters. The van der Waals surface area contributed by atoms with Gasteiger partial charge in [0.2, 0.25) is 5.91 Å². The number of nitrogens with one attached hydrogen (secondary N) is 1. The van der Waals surface area contributed by atoms with Crippen LogP contribution in [0.2, 0.25) is 0 Å². The summed E-state index contributed by atoms with van der Waals surface area (Å²) in [4.78, 5) is 35.9. The van der Waals surface area contributed by atoms with E-state index < -0.39 is 49.5 Å². The van der Waals surface area contributed by atoms with E-state index in [1.807, 2.05) is 48.5 Å². The Hall–Kier alpha value is -3.53. The van der Waals surface area contributed by atoms with E-state index >= 15 is 0 Å². The Kier molecular flexibility index (Phi) is 6.78. The number of rotatable bonds is 8. The number of hydrogen-bond donors (Lipinski definition) is 2. The topological polar surface area (TPSA) is 105 Å². The fraction of sp³-hybridized carbons (Fsp3) is 0.375. The van der Waals surface area contributed by atoms with E-state index in [0.717, 1.165) is 22.3 Å². The van der Waals surface area contributed by atoms with Crippen LogP contribution in [0, 0.1) is 0 Å². The molecule has 10 heteroatoms. The minimum absolute atomic E-state index is 0.0302. The molecule has 0 saturated carbocycles. The first kappa shape index (κ1) is 23.6. The van der Waals surface area contributed by atoms with Crippen LogP contribution in [0.5, 0.6) is 0 Å². The van der Waals surface area contributed by atoms with Crippen LogP contribution in [0.25, 0.3) is 11.1 Å². The minimum Gasteiger partial charge on any atom is -0.480 e. The van der Waals surface area contributed by atoms with Crippen molar-refractivity contribution in [1.82, 2.24) is 10.2 Å². The van der Waals surface area contributed by atoms with Crippen molar-refractivity contribution in [2.75, 3.05) is 32.9 Å². The third-order valence-electron chi connectivity index (χ3n) is 5.96. The highest BCUT2D eigenvalue weighted by Crippen LogP contribution is 2.44. The number of halogens is 2. The highest BCUT2D eigenvalue weighted by Gasteiger charge is 2.50. The van der Waals surface area contributed by atoms with E-state index in [2.05, 4.69) is 5.32 Å². The lowest BCUT2D eigenvalue weighted by atomic mass is 9.98. The third kappa shape index (κ3) is 5.01. The van der Waals surface area contributed by atoms with Gasteiger partial charge in [0.1, 0.15) is 19.3 Å². The summed E-state index contributed by atoms with van der Waals surface area (Å²) >= 11 is 0. The molecule has 2 aliphatic rings. The van der Waals surface area contributed by atoms with Crippen LogP contribution < -0.4 is 5.32 Å². The standard InChI is InChI=1S/C24H24F2N2O6/c25-24(26)11-20(22(30)31)28(14-24)21(29)13-33-10-9-27-23(32)34-12-19-17-7-3-1-5-15(17)16-6-2-4-8-18(16)19/h1-8,19-20H,9-14H2,(H,27,32)(H,30,31)/t20-/m0/s1. The summed E-state index contributed by atoms with van der Waals surface area (Å²) in [5.41, 5.74) is 4.41. The Morgan fingerprint density at radius 1 is 1.06 bits per heavy atom. The lowest BCUT2D eigenvalue weighted by Gasteiger charge is -2.20. The molecule has 2 aromatic rings. The first-order chi connectivity index (χ1) is 16.3. The molecule has 1 aliphatic carbocycles. The third-order valence-corrected chi connectivity index (χ3v) is 5.96. The molecule has 0 aromatic heterocycles. The van der Waals surface area contributed by atoms with E-state index in [4.69, 9.17) is 14.6 Å². The average Bonchev–Trinajstić information content (AvgIpc) is 3.32. The van der Waals surface area contributed by atoms with Gasteiger partial charge in [0.25, 0.3) is 5.92 Å². The Morgan fingerprint density at radius 3 is 2.29 bits per heavy atom. The number of carbonyl (C=O) groups excluding carboxylic acids is 2. The number of aliphatic carboxylic acids is 1. The zero-order valence-electron chi connectivity index (χ0n) is 18.2. The first-order valence-corrected chi connectivity index (χ1v) is 10.8. The number of hydrogen-bond acceptors (Lipinski definition) is 5. The van der Waals surface area contributed by atoms with Crippen molar-refractivity contribution in [2.45, 2.75) is 24.3 Å². The van der Waals surface area contributed by atoms with Crippen molar-refractivity contribution >= 4 is 18.0 Å². The van der Waals surface area contributed by atoms with Crippen LogP contribution in [0.15, 0.2) is 48.5 Å². The highest BCUT2D eigenvalue weighted by atomic mass is 19.3. The Balaban J connectivity index is 1.19. The molecule has 0 unspecified atom stereocenters. The summed E-state index contributed by atoms with van der Waals surface area (Å²) in [5, 5.41) is 11.6. The molecule has 2 amide bonds. The molecule has 180 valence electrons. The van der Waals surface area contributed by atoms with Gasteiger partial charge in [-0.3, -0.25) is 4.79 Å². The zero-order valence-corrected chi connectivity index (χ0v) is 18.2. The molecule has 1 aliphatic heterocycles. The predicted octanol–water partition coefficient (Wildman–Crippen LogP) is 2.86. The number of benzene rings is 2. The number of alkyl halides is 2. The summed E-state index contributed by atoms with van der Waals surface area (Å²) < 4.78 is 37.5. The molecule has 0 spiro atoms. The molecule has 1 heterocycles. The SMILES string of the molecule is O=C(NCCOCC(=O)N1CC(F)(F)C[C@H]1C(=O)O)OCC1c2ccccc2-c2ccccc21. The number of amides is 2. The van der Waals surface area contributed by atoms with Crippen LogP contribution in [-0.4, -0.2) is 72.9 Å². The number of ether oxygens (including phenoxy) is 2. The molecule has 8 nitrogen and oxygen atoms in total. The second-order valence-corrected chi connectivity index (χ2v) is 8.24. The maximum atomic E-state index is 13.5. The molecule has 1 fully saturated rings. The highest BCUT2D eigenvalue weighted by molar-refractivity contribution is 5.85. The average molecular weight is 474 g/mol. The Bertz CT molecular complexity index is 1050. The number of nitrogens with zero attached hydrogens (tertiary/aromatic N) is 1. The molecule has 34 heavy (non-hydrogen) atoms. The molecule has 0 bridgehead atoms. The fourth-order valence-electron chi connectivity index (χ4n) is 4.42. The number of likely N-dealkylation sites (tertiary alicyclic amines) is 1. The normalized spacial score (nSPS) is 18.3. The van der Waals surface area contributed by atoms with Crippen molar-refractivity contribution < 1.29 is 37.7 Å². The largest absolute Gasteiger partial charge is 0.480 e. The molecule has 2 N–H and O–H groups in total. The van der Waals surface area contributed by atoms with Crippen molar-refractivity contribution in [1.29, 1.82) is 0 Å². The minimum atomic E-state index is -3.25. The van der Waals surface area contributed by atoms with E-state index in [-0.39, 0.29) is 25.7 Å². The smallest absolute Gasteiger partial charge is 0.407 e. The maximum absolute atomic E-state index is 13.5. The Morgan fingerprint density at radius 2 is 1.68 bits per heavy atom. The lowest BCUT2D eigenvalue weighted by Crippen LogP contribution is -2.43. The van der Waals surface area contributed by atoms with E-state index in [9.17, 15) is 23.2 Å². The number of fused-ring (bicyclic) bond motifs is 3. The van der Waals surface area contributed by atoms with Gasteiger partial charge in [0.15, 0.2) is 0 Å². The summed E-state index contributed by atoms with van der Waals surface area (Å²) in [5.74, 6) is -5.65. The lowest BCUT2D eigenvalue weighted by molar-refractivity contribution is -0.150. The van der Waals surface area contributed by atoms with Crippen molar-refractivity contribution in [2.24, 2.45) is 0 Å². The summed E-state index contributed by atoms with van der Waals surface area (Å²) in [6.07, 6.45) is -1.57. The number of carbonyl (C=O) groups is 3. The van der Waals surface area contributed by atoms with Gasteiger partial charge in [-0.15, -0.1) is 0 Å². The van der Waals surface area contributed by atoms with Gasteiger partial charge in [-0.25, -0.2) is 18.4 Å². The van der Waals surface area contributed by atoms with Gasteiger partial charge in [0, 0.05) is 18.9 Å². The molecular weight excluding hydrogens is 450 g/mol. The van der Waals surface area contributed by atoms with Gasteiger partial charge in [-0.1, -0.05) is 48.5 Å². The first-order valence-electron chi connectivity index (χ1n) is 10.8. The van der Waals surface area contributed by atoms with Crippen LogP contribution in [0.3, 0.4) is 0 Å². The number of alkyl carbamates (subject to hydrolysis) is 1. The maximum Gasteiger partial charge on any atom is 0.407 e. The summed E-state index contributed by atoms with van der Waals surface area (Å²) in [6.45, 7) is -1.41. The second kappa shape index (κ2) is 9.76. The van der Waals surface area contributed by atoms with Gasteiger partial charge >= 0.3 is 12.1 Å². The molecule has 1 saturated heterocycles. The predicted molar refractivity (Wildman–Crippen MR) is 117 cm³/mol. The second-order valence-electron chi connectivity index (χ2n) is 8.24. The van der Waals surface area contributed by atoms with Gasteiger partial charge in [-0.05, 0) is 22.3 Å². The zero-order chi connectivity index (χ0) is 24.3.